The SMILES string of the molecule is Cc1ccc(C(=O)NNC(=O)[C@H](Br)[C@H](Br)c2ccc(Cl)cc2)cc1. The number of benzene rings is 2. The zero-order chi connectivity index (χ0) is 17.7. The summed E-state index contributed by atoms with van der Waals surface area (Å²) in [7, 11) is 0. The van der Waals surface area contributed by atoms with Gasteiger partial charge in [0.15, 0.2) is 0 Å². The van der Waals surface area contributed by atoms with Gasteiger partial charge in [0.05, 0.1) is 4.83 Å². The van der Waals surface area contributed by atoms with Gasteiger partial charge in [-0.15, -0.1) is 0 Å². The second-order valence-electron chi connectivity index (χ2n) is 5.16. The number of hydrogen-bond donors (Lipinski definition) is 2. The standard InChI is InChI=1S/C17H15Br2ClN2O2/c1-10-2-4-12(5-3-10)16(23)21-22-17(24)15(19)14(18)11-6-8-13(20)9-7-11/h2-9,14-15H,1H3,(H,21,23)(H,22,24)/t14-,15-/m1/s1. The lowest BCUT2D eigenvalue weighted by Gasteiger charge is -2.17. The number of rotatable bonds is 4. The minimum atomic E-state index is -0.572. The van der Waals surface area contributed by atoms with Gasteiger partial charge >= 0.3 is 0 Å². The molecule has 0 spiro atoms. The fourth-order valence-electron chi connectivity index (χ4n) is 1.91. The molecule has 4 nitrogen and oxygen atoms in total. The molecule has 0 bridgehead atoms. The highest BCUT2D eigenvalue weighted by molar-refractivity contribution is 9.12. The van der Waals surface area contributed by atoms with Crippen molar-refractivity contribution in [2.24, 2.45) is 0 Å². The molecule has 0 fully saturated rings. The Morgan fingerprint density at radius 2 is 1.54 bits per heavy atom. The molecule has 0 unspecified atom stereocenters. The lowest BCUT2D eigenvalue weighted by Crippen LogP contribution is -2.45. The molecule has 2 aromatic carbocycles. The molecule has 24 heavy (non-hydrogen) atoms. The molecule has 0 aliphatic rings. The van der Waals surface area contributed by atoms with E-state index in [0.717, 1.165) is 11.1 Å². The van der Waals surface area contributed by atoms with Gasteiger partial charge in [-0.05, 0) is 36.8 Å². The third-order valence-corrected chi connectivity index (χ3v) is 6.27. The van der Waals surface area contributed by atoms with Crippen LogP contribution in [-0.4, -0.2) is 16.6 Å². The fraction of sp³-hybridized carbons (Fsp3) is 0.176. The second-order valence-corrected chi connectivity index (χ2v) is 7.57. The highest BCUT2D eigenvalue weighted by Gasteiger charge is 2.25. The van der Waals surface area contributed by atoms with Crippen molar-refractivity contribution in [3.8, 4) is 0 Å². The third-order valence-electron chi connectivity index (χ3n) is 3.31. The minimum Gasteiger partial charge on any atom is -0.272 e. The summed E-state index contributed by atoms with van der Waals surface area (Å²) in [5.41, 5.74) is 7.24. The Morgan fingerprint density at radius 3 is 2.12 bits per heavy atom. The number of nitrogens with one attached hydrogen (secondary N) is 2. The number of hydrazine groups is 1. The van der Waals surface area contributed by atoms with E-state index in [9.17, 15) is 9.59 Å². The molecule has 0 radical (unpaired) electrons. The number of alkyl halides is 2. The topological polar surface area (TPSA) is 58.2 Å². The van der Waals surface area contributed by atoms with E-state index in [4.69, 9.17) is 11.6 Å². The van der Waals surface area contributed by atoms with Crippen LogP contribution in [0.2, 0.25) is 5.02 Å². The first-order chi connectivity index (χ1) is 11.4. The summed E-state index contributed by atoms with van der Waals surface area (Å²) in [6.45, 7) is 1.94. The predicted molar refractivity (Wildman–Crippen MR) is 103 cm³/mol. The predicted octanol–water partition coefficient (Wildman–Crippen LogP) is 4.31. The number of carbonyl (C=O) groups is 2. The summed E-state index contributed by atoms with van der Waals surface area (Å²) in [5, 5.41) is 0.624. The Kier molecular flexibility index (Phi) is 6.83. The van der Waals surface area contributed by atoms with Crippen LogP contribution in [0.15, 0.2) is 48.5 Å². The van der Waals surface area contributed by atoms with Crippen molar-refractivity contribution in [2.75, 3.05) is 0 Å². The molecule has 0 aliphatic heterocycles. The number of carbonyl (C=O) groups excluding carboxylic acids is 2. The summed E-state index contributed by atoms with van der Waals surface area (Å²) in [6, 6.07) is 14.2. The largest absolute Gasteiger partial charge is 0.272 e. The van der Waals surface area contributed by atoms with Gasteiger partial charge in [0, 0.05) is 10.6 Å². The molecular formula is C17H15Br2ClN2O2. The van der Waals surface area contributed by atoms with Gasteiger partial charge in [-0.1, -0.05) is 73.3 Å². The molecule has 2 amide bonds. The minimum absolute atomic E-state index is 0.272. The zero-order valence-electron chi connectivity index (χ0n) is 12.7. The van der Waals surface area contributed by atoms with Crippen molar-refractivity contribution < 1.29 is 9.59 Å². The van der Waals surface area contributed by atoms with Crippen LogP contribution in [0.5, 0.6) is 0 Å². The Balaban J connectivity index is 1.92. The Bertz CT molecular complexity index is 720. The van der Waals surface area contributed by atoms with Crippen molar-refractivity contribution in [2.45, 2.75) is 16.6 Å². The number of hydrogen-bond acceptors (Lipinski definition) is 2. The van der Waals surface area contributed by atoms with Crippen LogP contribution in [0.4, 0.5) is 0 Å². The monoisotopic (exact) mass is 472 g/mol. The van der Waals surface area contributed by atoms with Gasteiger partial charge in [-0.3, -0.25) is 20.4 Å². The normalized spacial score (nSPS) is 13.0. The molecule has 0 saturated heterocycles. The third kappa shape index (κ3) is 5.06. The van der Waals surface area contributed by atoms with E-state index in [1.54, 1.807) is 24.3 Å². The molecule has 0 heterocycles. The van der Waals surface area contributed by atoms with E-state index in [-0.39, 0.29) is 16.6 Å². The van der Waals surface area contributed by atoms with E-state index >= 15 is 0 Å². The quantitative estimate of drug-likeness (QED) is 0.513. The Hall–Kier alpha value is -1.37. The molecule has 126 valence electrons. The number of halogens is 3. The maximum Gasteiger partial charge on any atom is 0.269 e. The lowest BCUT2D eigenvalue weighted by atomic mass is 10.1. The van der Waals surface area contributed by atoms with E-state index in [1.165, 1.54) is 0 Å². The van der Waals surface area contributed by atoms with E-state index < -0.39 is 4.83 Å². The molecule has 2 N–H and O–H groups in total. The van der Waals surface area contributed by atoms with Crippen molar-refractivity contribution in [3.63, 3.8) is 0 Å². The lowest BCUT2D eigenvalue weighted by molar-refractivity contribution is -0.121. The summed E-state index contributed by atoms with van der Waals surface area (Å²) in [4.78, 5) is 23.3. The van der Waals surface area contributed by atoms with Crippen molar-refractivity contribution >= 4 is 55.3 Å². The summed E-state index contributed by atoms with van der Waals surface area (Å²) >= 11 is 12.7. The molecular weight excluding hydrogens is 459 g/mol. The first-order valence-electron chi connectivity index (χ1n) is 7.09. The van der Waals surface area contributed by atoms with E-state index in [2.05, 4.69) is 42.7 Å². The molecule has 0 saturated carbocycles. The molecule has 2 aromatic rings. The average molecular weight is 475 g/mol. The Morgan fingerprint density at radius 1 is 0.958 bits per heavy atom. The molecule has 2 rings (SSSR count). The van der Waals surface area contributed by atoms with Crippen LogP contribution in [0.1, 0.15) is 26.3 Å². The maximum absolute atomic E-state index is 12.2. The van der Waals surface area contributed by atoms with Crippen LogP contribution >= 0.6 is 43.5 Å². The molecule has 0 aromatic heterocycles. The average Bonchev–Trinajstić information content (AvgIpc) is 2.59. The van der Waals surface area contributed by atoms with Crippen LogP contribution < -0.4 is 10.9 Å². The summed E-state index contributed by atoms with van der Waals surface area (Å²) < 4.78 is 0. The van der Waals surface area contributed by atoms with Gasteiger partial charge in [0.2, 0.25) is 0 Å². The molecule has 0 aliphatic carbocycles. The maximum atomic E-state index is 12.2. The number of aryl methyl sites for hydroxylation is 1. The van der Waals surface area contributed by atoms with Crippen LogP contribution in [0, 0.1) is 6.92 Å². The van der Waals surface area contributed by atoms with Crippen molar-refractivity contribution in [1.29, 1.82) is 0 Å². The van der Waals surface area contributed by atoms with Gasteiger partial charge < -0.3 is 0 Å². The first-order valence-corrected chi connectivity index (χ1v) is 9.30. The van der Waals surface area contributed by atoms with Crippen LogP contribution in [0.25, 0.3) is 0 Å². The van der Waals surface area contributed by atoms with Gasteiger partial charge in [-0.25, -0.2) is 0 Å². The van der Waals surface area contributed by atoms with Gasteiger partial charge in [0.1, 0.15) is 4.83 Å². The summed E-state index contributed by atoms with van der Waals surface area (Å²) in [5.74, 6) is -0.743. The molecule has 2 atom stereocenters. The smallest absolute Gasteiger partial charge is 0.269 e. The number of amides is 2. The second kappa shape index (κ2) is 8.65. The zero-order valence-corrected chi connectivity index (χ0v) is 16.7. The van der Waals surface area contributed by atoms with E-state index in [0.29, 0.717) is 10.6 Å². The first kappa shape index (κ1) is 19.0. The van der Waals surface area contributed by atoms with Crippen molar-refractivity contribution in [1.82, 2.24) is 10.9 Å². The Labute approximate surface area is 162 Å². The highest BCUT2D eigenvalue weighted by atomic mass is 79.9. The van der Waals surface area contributed by atoms with Crippen LogP contribution in [0.3, 0.4) is 0 Å². The highest BCUT2D eigenvalue weighted by Crippen LogP contribution is 2.31. The van der Waals surface area contributed by atoms with Gasteiger partial charge in [0.25, 0.3) is 11.8 Å². The van der Waals surface area contributed by atoms with Gasteiger partial charge in [-0.2, -0.15) is 0 Å². The van der Waals surface area contributed by atoms with E-state index in [1.807, 2.05) is 31.2 Å². The van der Waals surface area contributed by atoms with Crippen molar-refractivity contribution in [3.05, 3.63) is 70.2 Å². The fourth-order valence-corrected chi connectivity index (χ4v) is 3.00. The van der Waals surface area contributed by atoms with Crippen LogP contribution in [-0.2, 0) is 4.79 Å². The molecule has 7 heteroatoms. The summed E-state index contributed by atoms with van der Waals surface area (Å²) in [6.07, 6.45) is 0.